The fourth-order valence-corrected chi connectivity index (χ4v) is 8.63. The van der Waals surface area contributed by atoms with E-state index in [0.717, 1.165) is 78.0 Å². The Kier molecular flexibility index (Phi) is 8.70. The molecule has 6 nitrogen and oxygen atoms in total. The molecule has 290 valence electrons. The summed E-state index contributed by atoms with van der Waals surface area (Å²) in [5, 5.41) is 43.7. The van der Waals surface area contributed by atoms with E-state index in [-0.39, 0.29) is 11.1 Å². The highest BCUT2D eigenvalue weighted by atomic mass is 19.4. The number of halogens is 3. The van der Waals surface area contributed by atoms with E-state index in [9.17, 15) is 34.2 Å². The van der Waals surface area contributed by atoms with Crippen LogP contribution < -0.4 is 0 Å². The summed E-state index contributed by atoms with van der Waals surface area (Å²) in [5.41, 5.74) is 8.70. The lowest BCUT2D eigenvalue weighted by molar-refractivity contribution is -0.137. The summed E-state index contributed by atoms with van der Waals surface area (Å²) >= 11 is 0. The number of para-hydroxylation sites is 2. The SMILES string of the molecule is N#Cc1ccc(-c2ccc3c(c2)c2ccccc2n3-c2cc(C#N)cc(-n3c4ccccc4c4cc(-c5ccc(C#N)cc5)ccc43)c2-c2ccc(C(F)(F)F)cc2C#N)cc1. The largest absolute Gasteiger partial charge is 0.416 e. The van der Waals surface area contributed by atoms with Crippen LogP contribution >= 0.6 is 0 Å². The van der Waals surface area contributed by atoms with E-state index in [4.69, 9.17) is 0 Å². The molecule has 0 atom stereocenters. The zero-order chi connectivity index (χ0) is 42.7. The molecule has 9 heteroatoms. The Hall–Kier alpha value is -8.89. The van der Waals surface area contributed by atoms with Gasteiger partial charge in [-0.15, -0.1) is 0 Å². The molecule has 0 unspecified atom stereocenters. The van der Waals surface area contributed by atoms with Gasteiger partial charge in [0, 0.05) is 32.7 Å². The van der Waals surface area contributed by atoms with Crippen molar-refractivity contribution in [2.24, 2.45) is 0 Å². The van der Waals surface area contributed by atoms with Crippen molar-refractivity contribution in [2.75, 3.05) is 0 Å². The van der Waals surface area contributed by atoms with Crippen LogP contribution in [0.2, 0.25) is 0 Å². The number of aromatic nitrogens is 2. The van der Waals surface area contributed by atoms with Crippen LogP contribution in [0.4, 0.5) is 13.2 Å². The fraction of sp³-hybridized carbons (Fsp3) is 0.0189. The first-order chi connectivity index (χ1) is 30.2. The van der Waals surface area contributed by atoms with Crippen molar-refractivity contribution < 1.29 is 13.2 Å². The van der Waals surface area contributed by atoms with Crippen LogP contribution in [-0.2, 0) is 6.18 Å². The summed E-state index contributed by atoms with van der Waals surface area (Å²) in [5.74, 6) is 0. The molecule has 0 N–H and O–H groups in total. The van der Waals surface area contributed by atoms with Gasteiger partial charge in [-0.2, -0.15) is 34.2 Å². The van der Waals surface area contributed by atoms with Crippen LogP contribution in [0, 0.1) is 45.3 Å². The minimum absolute atomic E-state index is 0.181. The smallest absolute Gasteiger partial charge is 0.308 e. The summed E-state index contributed by atoms with van der Waals surface area (Å²) < 4.78 is 46.8. The van der Waals surface area contributed by atoms with Crippen molar-refractivity contribution in [2.45, 2.75) is 6.18 Å². The van der Waals surface area contributed by atoms with Crippen molar-refractivity contribution in [3.63, 3.8) is 0 Å². The van der Waals surface area contributed by atoms with Gasteiger partial charge in [0.15, 0.2) is 0 Å². The molecule has 0 bridgehead atoms. The van der Waals surface area contributed by atoms with E-state index >= 15 is 0 Å². The number of fused-ring (bicyclic) bond motifs is 6. The van der Waals surface area contributed by atoms with Crippen LogP contribution in [0.15, 0.2) is 164 Å². The molecule has 0 aliphatic heterocycles. The van der Waals surface area contributed by atoms with Gasteiger partial charge in [-0.3, -0.25) is 0 Å². The molecule has 8 aromatic carbocycles. The summed E-state index contributed by atoms with van der Waals surface area (Å²) in [6.45, 7) is 0. The Morgan fingerprint density at radius 2 is 0.823 bits per heavy atom. The molecule has 10 aromatic rings. The molecule has 2 heterocycles. The summed E-state index contributed by atoms with van der Waals surface area (Å²) in [6, 6.07) is 57.8. The average molecular weight is 805 g/mol. The molecule has 62 heavy (non-hydrogen) atoms. The van der Waals surface area contributed by atoms with Crippen LogP contribution in [0.3, 0.4) is 0 Å². The first kappa shape index (κ1) is 37.4. The maximum absolute atomic E-state index is 14.2. The normalized spacial score (nSPS) is 11.4. The monoisotopic (exact) mass is 804 g/mol. The highest BCUT2D eigenvalue weighted by Gasteiger charge is 2.32. The molecule has 0 amide bonds. The maximum Gasteiger partial charge on any atom is 0.416 e. The topological polar surface area (TPSA) is 105 Å². The third-order valence-corrected chi connectivity index (χ3v) is 11.5. The van der Waals surface area contributed by atoms with Crippen molar-refractivity contribution in [1.82, 2.24) is 9.13 Å². The van der Waals surface area contributed by atoms with Gasteiger partial charge < -0.3 is 9.13 Å². The van der Waals surface area contributed by atoms with Crippen molar-refractivity contribution in [1.29, 1.82) is 21.0 Å². The van der Waals surface area contributed by atoms with Gasteiger partial charge in [0.2, 0.25) is 0 Å². The van der Waals surface area contributed by atoms with Gasteiger partial charge >= 0.3 is 6.18 Å². The van der Waals surface area contributed by atoms with Crippen LogP contribution in [0.5, 0.6) is 0 Å². The second kappa shape index (κ2) is 14.4. The molecule has 0 radical (unpaired) electrons. The van der Waals surface area contributed by atoms with Gasteiger partial charge in [0.05, 0.1) is 85.5 Å². The van der Waals surface area contributed by atoms with E-state index < -0.39 is 11.7 Å². The Balaban J connectivity index is 1.32. The highest BCUT2D eigenvalue weighted by molar-refractivity contribution is 6.13. The van der Waals surface area contributed by atoms with Crippen molar-refractivity contribution in [3.05, 3.63) is 192 Å². The van der Waals surface area contributed by atoms with Crippen molar-refractivity contribution in [3.8, 4) is 69.0 Å². The zero-order valence-electron chi connectivity index (χ0n) is 32.4. The number of nitrogens with zero attached hydrogens (tertiary/aromatic N) is 6. The Morgan fingerprint density at radius 1 is 0.387 bits per heavy atom. The van der Waals surface area contributed by atoms with E-state index in [2.05, 4.69) is 36.4 Å². The van der Waals surface area contributed by atoms with Gasteiger partial charge in [-0.1, -0.05) is 78.9 Å². The molecule has 0 aliphatic carbocycles. The van der Waals surface area contributed by atoms with E-state index in [1.54, 1.807) is 36.4 Å². The third-order valence-electron chi connectivity index (χ3n) is 11.5. The van der Waals surface area contributed by atoms with Crippen LogP contribution in [0.1, 0.15) is 27.8 Å². The van der Waals surface area contributed by atoms with Gasteiger partial charge in [0.1, 0.15) is 0 Å². The summed E-state index contributed by atoms with van der Waals surface area (Å²) in [7, 11) is 0. The van der Waals surface area contributed by atoms with Gasteiger partial charge in [0.25, 0.3) is 0 Å². The predicted molar refractivity (Wildman–Crippen MR) is 235 cm³/mol. The minimum Gasteiger partial charge on any atom is -0.308 e. The lowest BCUT2D eigenvalue weighted by Gasteiger charge is -2.22. The number of benzene rings is 8. The number of nitriles is 4. The summed E-state index contributed by atoms with van der Waals surface area (Å²) in [4.78, 5) is 0. The van der Waals surface area contributed by atoms with Crippen molar-refractivity contribution >= 4 is 43.6 Å². The lowest BCUT2D eigenvalue weighted by atomic mass is 9.93. The predicted octanol–water partition coefficient (Wildman–Crippen LogP) is 13.4. The van der Waals surface area contributed by atoms with Gasteiger partial charge in [-0.05, 0) is 107 Å². The fourth-order valence-electron chi connectivity index (χ4n) is 8.63. The Morgan fingerprint density at radius 3 is 1.26 bits per heavy atom. The minimum atomic E-state index is -4.70. The molecule has 0 fully saturated rings. The van der Waals surface area contributed by atoms with Gasteiger partial charge in [-0.25, -0.2) is 0 Å². The van der Waals surface area contributed by atoms with Crippen LogP contribution in [0.25, 0.3) is 88.4 Å². The van der Waals surface area contributed by atoms with Crippen LogP contribution in [-0.4, -0.2) is 9.13 Å². The number of hydrogen-bond donors (Lipinski definition) is 0. The van der Waals surface area contributed by atoms with E-state index in [1.807, 2.05) is 106 Å². The summed E-state index contributed by atoms with van der Waals surface area (Å²) in [6.07, 6.45) is -4.70. The quantitative estimate of drug-likeness (QED) is 0.173. The molecule has 0 spiro atoms. The Bertz CT molecular complexity index is 3460. The second-order valence-electron chi connectivity index (χ2n) is 14.9. The molecule has 2 aromatic heterocycles. The number of hydrogen-bond acceptors (Lipinski definition) is 4. The molecule has 10 rings (SSSR count). The highest BCUT2D eigenvalue weighted by Crippen LogP contribution is 2.45. The Labute approximate surface area is 352 Å². The molecule has 0 aliphatic rings. The first-order valence-corrected chi connectivity index (χ1v) is 19.5. The second-order valence-corrected chi connectivity index (χ2v) is 14.9. The molecular weight excluding hydrogens is 778 g/mol. The third kappa shape index (κ3) is 6.01. The standard InChI is InChI=1S/C53H27F3N6/c54-53(55,56)40-19-20-41(39(25-40)31-60)52-50(61-46-7-3-1-5-42(46)44-26-37(17-21-48(44)61)35-13-9-32(28-57)10-14-35)23-34(30-59)24-51(52)62-47-8-4-2-6-43(47)45-27-38(18-22-49(45)62)36-15-11-33(29-58)12-16-36/h1-27H. The zero-order valence-corrected chi connectivity index (χ0v) is 32.4. The first-order valence-electron chi connectivity index (χ1n) is 19.5. The molecule has 0 saturated heterocycles. The van der Waals surface area contributed by atoms with E-state index in [1.165, 1.54) is 6.07 Å². The molecular formula is C53H27F3N6. The maximum atomic E-state index is 14.2. The average Bonchev–Trinajstić information content (AvgIpc) is 3.82. The van der Waals surface area contributed by atoms with E-state index in [0.29, 0.717) is 33.6 Å². The number of alkyl halides is 3. The number of rotatable bonds is 5. The molecule has 0 saturated carbocycles. The lowest BCUT2D eigenvalue weighted by Crippen LogP contribution is -2.08.